The average Bonchev–Trinajstić information content (AvgIpc) is 2.58. The maximum absolute atomic E-state index is 6.03. The number of anilines is 1. The number of hydrogen-bond donors (Lipinski definition) is 1. The highest BCUT2D eigenvalue weighted by Crippen LogP contribution is 2.36. The standard InChI is InChI=1S/C14H18BN3O2/c1-13(2)14(3,4)20-15(19-13)9-5-6-10-11(16)8-17-18-12(10)7-9/h5-8H,1-4H3,(H2,16,18). The summed E-state index contributed by atoms with van der Waals surface area (Å²) in [6, 6.07) is 5.81. The van der Waals surface area contributed by atoms with Gasteiger partial charge in [-0.1, -0.05) is 12.1 Å². The Hall–Kier alpha value is -1.66. The maximum Gasteiger partial charge on any atom is 0.494 e. The van der Waals surface area contributed by atoms with Crippen LogP contribution in [0, 0.1) is 0 Å². The number of nitrogens with zero attached hydrogens (tertiary/aromatic N) is 2. The minimum atomic E-state index is -0.396. The Morgan fingerprint density at radius 1 is 1.10 bits per heavy atom. The van der Waals surface area contributed by atoms with Crippen LogP contribution in [0.15, 0.2) is 24.4 Å². The molecule has 0 bridgehead atoms. The zero-order chi connectivity index (χ0) is 14.5. The molecule has 1 aliphatic rings. The van der Waals surface area contributed by atoms with Gasteiger partial charge in [0.15, 0.2) is 0 Å². The number of nitrogen functional groups attached to an aromatic ring is 1. The highest BCUT2D eigenvalue weighted by molar-refractivity contribution is 6.62. The molecule has 2 heterocycles. The van der Waals surface area contributed by atoms with Gasteiger partial charge in [0.05, 0.1) is 28.6 Å². The Balaban J connectivity index is 2.00. The summed E-state index contributed by atoms with van der Waals surface area (Å²) < 4.78 is 12.1. The summed E-state index contributed by atoms with van der Waals surface area (Å²) in [4.78, 5) is 0. The highest BCUT2D eigenvalue weighted by atomic mass is 16.7. The molecule has 5 nitrogen and oxygen atoms in total. The Morgan fingerprint density at radius 2 is 1.75 bits per heavy atom. The second kappa shape index (κ2) is 4.17. The normalized spacial score (nSPS) is 20.5. The van der Waals surface area contributed by atoms with Crippen LogP contribution >= 0.6 is 0 Å². The minimum Gasteiger partial charge on any atom is -0.399 e. The van der Waals surface area contributed by atoms with Crippen molar-refractivity contribution in [1.82, 2.24) is 10.2 Å². The third kappa shape index (κ3) is 1.96. The largest absolute Gasteiger partial charge is 0.494 e. The fourth-order valence-electron chi connectivity index (χ4n) is 2.22. The van der Waals surface area contributed by atoms with Gasteiger partial charge in [0.1, 0.15) is 0 Å². The quantitative estimate of drug-likeness (QED) is 0.796. The first kappa shape index (κ1) is 13.3. The molecule has 104 valence electrons. The van der Waals surface area contributed by atoms with Crippen LogP contribution in [0.4, 0.5) is 5.69 Å². The van der Waals surface area contributed by atoms with Crippen LogP contribution < -0.4 is 11.2 Å². The fraction of sp³-hybridized carbons (Fsp3) is 0.429. The molecule has 0 aliphatic carbocycles. The highest BCUT2D eigenvalue weighted by Gasteiger charge is 2.51. The Bertz CT molecular complexity index is 657. The van der Waals surface area contributed by atoms with Crippen molar-refractivity contribution in [3.05, 3.63) is 24.4 Å². The molecular weight excluding hydrogens is 253 g/mol. The molecule has 1 aromatic carbocycles. The molecule has 2 N–H and O–H groups in total. The summed E-state index contributed by atoms with van der Waals surface area (Å²) in [6.07, 6.45) is 1.55. The van der Waals surface area contributed by atoms with Crippen LogP contribution in [-0.4, -0.2) is 28.5 Å². The van der Waals surface area contributed by atoms with Gasteiger partial charge in [0.25, 0.3) is 0 Å². The molecule has 1 aliphatic heterocycles. The first-order valence-electron chi connectivity index (χ1n) is 6.67. The van der Waals surface area contributed by atoms with E-state index in [1.54, 1.807) is 6.20 Å². The molecule has 2 aromatic rings. The number of hydrogen-bond acceptors (Lipinski definition) is 5. The lowest BCUT2D eigenvalue weighted by Crippen LogP contribution is -2.41. The van der Waals surface area contributed by atoms with Crippen molar-refractivity contribution in [2.24, 2.45) is 0 Å². The van der Waals surface area contributed by atoms with E-state index in [0.717, 1.165) is 16.4 Å². The lowest BCUT2D eigenvalue weighted by Gasteiger charge is -2.32. The summed E-state index contributed by atoms with van der Waals surface area (Å²) in [5.41, 5.74) is 7.47. The van der Waals surface area contributed by atoms with Crippen LogP contribution in [0.25, 0.3) is 10.9 Å². The van der Waals surface area contributed by atoms with Gasteiger partial charge in [-0.05, 0) is 39.2 Å². The van der Waals surface area contributed by atoms with Gasteiger partial charge >= 0.3 is 7.12 Å². The predicted molar refractivity (Wildman–Crippen MR) is 79.7 cm³/mol. The van der Waals surface area contributed by atoms with E-state index in [2.05, 4.69) is 10.2 Å². The van der Waals surface area contributed by atoms with Crippen LogP contribution in [0.3, 0.4) is 0 Å². The van der Waals surface area contributed by atoms with E-state index >= 15 is 0 Å². The first-order valence-corrected chi connectivity index (χ1v) is 6.67. The topological polar surface area (TPSA) is 70.3 Å². The van der Waals surface area contributed by atoms with Gasteiger partial charge in [-0.3, -0.25) is 0 Å². The van der Waals surface area contributed by atoms with Crippen molar-refractivity contribution < 1.29 is 9.31 Å². The molecule has 1 fully saturated rings. The second-order valence-electron chi connectivity index (χ2n) is 6.16. The molecule has 1 aromatic heterocycles. The third-order valence-electron chi connectivity index (χ3n) is 4.22. The fourth-order valence-corrected chi connectivity index (χ4v) is 2.22. The van der Waals surface area contributed by atoms with E-state index in [-0.39, 0.29) is 11.2 Å². The van der Waals surface area contributed by atoms with Crippen molar-refractivity contribution in [3.8, 4) is 0 Å². The zero-order valence-electron chi connectivity index (χ0n) is 12.2. The van der Waals surface area contributed by atoms with Crippen LogP contribution in [0.1, 0.15) is 27.7 Å². The second-order valence-corrected chi connectivity index (χ2v) is 6.16. The molecule has 0 amide bonds. The number of nitrogens with two attached hydrogens (primary N) is 1. The molecule has 3 rings (SSSR count). The number of fused-ring (bicyclic) bond motifs is 1. The summed E-state index contributed by atoms with van der Waals surface area (Å²) in [6.45, 7) is 8.13. The molecule has 0 atom stereocenters. The monoisotopic (exact) mass is 271 g/mol. The number of aromatic nitrogens is 2. The van der Waals surface area contributed by atoms with Gasteiger partial charge in [0, 0.05) is 5.39 Å². The SMILES string of the molecule is CC1(C)OB(c2ccc3c(N)cnnc3c2)OC1(C)C. The summed E-state index contributed by atoms with van der Waals surface area (Å²) in [7, 11) is -0.396. The first-order chi connectivity index (χ1) is 9.30. The predicted octanol–water partition coefficient (Wildman–Crippen LogP) is 1.51. The molecule has 1 saturated heterocycles. The smallest absolute Gasteiger partial charge is 0.399 e. The van der Waals surface area contributed by atoms with Crippen LogP contribution in [0.5, 0.6) is 0 Å². The Labute approximate surface area is 118 Å². The molecule has 6 heteroatoms. The lowest BCUT2D eigenvalue weighted by molar-refractivity contribution is 0.00578. The number of rotatable bonds is 1. The van der Waals surface area contributed by atoms with E-state index in [4.69, 9.17) is 15.0 Å². The van der Waals surface area contributed by atoms with Crippen molar-refractivity contribution in [2.75, 3.05) is 5.73 Å². The van der Waals surface area contributed by atoms with E-state index in [0.29, 0.717) is 5.69 Å². The van der Waals surface area contributed by atoms with Gasteiger partial charge in [-0.15, -0.1) is 0 Å². The van der Waals surface area contributed by atoms with Gasteiger partial charge < -0.3 is 15.0 Å². The van der Waals surface area contributed by atoms with Crippen LogP contribution in [-0.2, 0) is 9.31 Å². The molecule has 0 spiro atoms. The number of benzene rings is 1. The van der Waals surface area contributed by atoms with Crippen molar-refractivity contribution in [2.45, 2.75) is 38.9 Å². The minimum absolute atomic E-state index is 0.353. The van der Waals surface area contributed by atoms with Gasteiger partial charge in [0.2, 0.25) is 0 Å². The molecule has 20 heavy (non-hydrogen) atoms. The van der Waals surface area contributed by atoms with Crippen molar-refractivity contribution >= 4 is 29.2 Å². The van der Waals surface area contributed by atoms with E-state index in [9.17, 15) is 0 Å². The molecule has 0 radical (unpaired) electrons. The maximum atomic E-state index is 6.03. The zero-order valence-corrected chi connectivity index (χ0v) is 12.2. The molecule has 0 saturated carbocycles. The molecular formula is C14H18BN3O2. The van der Waals surface area contributed by atoms with Gasteiger partial charge in [-0.2, -0.15) is 10.2 Å². The third-order valence-corrected chi connectivity index (χ3v) is 4.22. The molecule has 0 unspecified atom stereocenters. The average molecular weight is 271 g/mol. The Morgan fingerprint density at radius 3 is 2.40 bits per heavy atom. The summed E-state index contributed by atoms with van der Waals surface area (Å²) >= 11 is 0. The summed E-state index contributed by atoms with van der Waals surface area (Å²) in [5.74, 6) is 0. The van der Waals surface area contributed by atoms with E-state index < -0.39 is 7.12 Å². The van der Waals surface area contributed by atoms with Crippen molar-refractivity contribution in [3.63, 3.8) is 0 Å². The van der Waals surface area contributed by atoms with E-state index in [1.807, 2.05) is 45.9 Å². The van der Waals surface area contributed by atoms with Crippen molar-refractivity contribution in [1.29, 1.82) is 0 Å². The Kier molecular flexibility index (Phi) is 2.78. The lowest BCUT2D eigenvalue weighted by atomic mass is 9.79. The summed E-state index contributed by atoms with van der Waals surface area (Å²) in [5, 5.41) is 8.88. The van der Waals surface area contributed by atoms with Gasteiger partial charge in [-0.25, -0.2) is 0 Å². The van der Waals surface area contributed by atoms with Crippen LogP contribution in [0.2, 0.25) is 0 Å². The van der Waals surface area contributed by atoms with E-state index in [1.165, 1.54) is 0 Å².